The highest BCUT2D eigenvalue weighted by atomic mass is 35.5. The third-order valence-corrected chi connectivity index (χ3v) is 5.11. The fraction of sp³-hybridized carbons (Fsp3) is 0.167. The topological polar surface area (TPSA) is 50.2 Å². The lowest BCUT2D eigenvalue weighted by Crippen LogP contribution is -2.11. The maximum Gasteiger partial charge on any atom is 0.439 e. The molecule has 106 valence electrons. The van der Waals surface area contributed by atoms with Gasteiger partial charge in [0.1, 0.15) is 0 Å². The monoisotopic (exact) mass is 322 g/mol. The van der Waals surface area contributed by atoms with E-state index in [4.69, 9.17) is 16.7 Å². The summed E-state index contributed by atoms with van der Waals surface area (Å²) in [5.74, 6) is -1.55. The molecule has 1 heterocycles. The van der Waals surface area contributed by atoms with Crippen molar-refractivity contribution < 1.29 is 23.1 Å². The summed E-state index contributed by atoms with van der Waals surface area (Å²) in [5.41, 5.74) is -0.708. The predicted octanol–water partition coefficient (Wildman–Crippen LogP) is 4.25. The summed E-state index contributed by atoms with van der Waals surface area (Å²) in [5, 5.41) is 9.03. The number of carboxylic acid groups (broad SMARTS) is 1. The molecule has 1 aromatic heterocycles. The summed E-state index contributed by atoms with van der Waals surface area (Å²) in [6, 6.07) is 8.58. The summed E-state index contributed by atoms with van der Waals surface area (Å²) in [7, 11) is -1.39. The molecule has 2 rings (SSSR count). The van der Waals surface area contributed by atoms with Gasteiger partial charge in [-0.1, -0.05) is 30.3 Å². The molecule has 1 N–H and O–H groups in total. The van der Waals surface area contributed by atoms with Gasteiger partial charge in [0, 0.05) is 16.0 Å². The van der Waals surface area contributed by atoms with Crippen molar-refractivity contribution in [3.8, 4) is 0 Å². The van der Waals surface area contributed by atoms with Gasteiger partial charge >= 0.3 is 16.6 Å². The summed E-state index contributed by atoms with van der Waals surface area (Å²) in [6.45, 7) is 0. The highest BCUT2D eigenvalue weighted by Gasteiger charge is 2.47. The van der Waals surface area contributed by atoms with Crippen molar-refractivity contribution in [1.29, 1.82) is 0 Å². The second-order valence-corrected chi connectivity index (χ2v) is 6.31. The van der Waals surface area contributed by atoms with Crippen LogP contribution < -0.4 is 0 Å². The minimum Gasteiger partial charge on any atom is -0.474 e. The molecule has 8 heteroatoms. The zero-order valence-corrected chi connectivity index (χ0v) is 11.4. The number of thiazole rings is 1. The number of nitrogens with zero attached hydrogens (tertiary/aromatic N) is 1. The third-order valence-electron chi connectivity index (χ3n) is 2.48. The predicted molar refractivity (Wildman–Crippen MR) is 69.2 cm³/mol. The molecule has 2 aromatic rings. The fourth-order valence-corrected chi connectivity index (χ4v) is 3.91. The van der Waals surface area contributed by atoms with Crippen molar-refractivity contribution in [1.82, 2.24) is 4.98 Å². The van der Waals surface area contributed by atoms with E-state index in [0.29, 0.717) is 5.56 Å². The fourth-order valence-electron chi connectivity index (χ4n) is 1.67. The normalized spacial score (nSPS) is 12.5. The molecule has 0 saturated carbocycles. The van der Waals surface area contributed by atoms with Crippen LogP contribution in [-0.2, 0) is 11.9 Å². The molecule has 0 spiro atoms. The number of hydrogen-bond donors (Lipinski definition) is 1. The van der Waals surface area contributed by atoms with E-state index in [1.54, 1.807) is 30.3 Å². The van der Waals surface area contributed by atoms with E-state index in [1.807, 2.05) is 0 Å². The molecule has 0 saturated heterocycles. The molecule has 3 nitrogen and oxygen atoms in total. The first-order chi connectivity index (χ1) is 9.30. The zero-order valence-electron chi connectivity index (χ0n) is 9.82. The first-order valence-electron chi connectivity index (χ1n) is 5.34. The number of halogens is 4. The average Bonchev–Trinajstić information content (AvgIpc) is 2.68. The second kappa shape index (κ2) is 5.41. The molecule has 0 aliphatic rings. The van der Waals surface area contributed by atoms with Crippen LogP contribution in [0.15, 0.2) is 30.3 Å². The molecule has 1 aromatic carbocycles. The van der Waals surface area contributed by atoms with Crippen LogP contribution in [0.3, 0.4) is 0 Å². The average molecular weight is 323 g/mol. The Morgan fingerprint density at radius 1 is 1.30 bits per heavy atom. The molecule has 0 amide bonds. The quantitative estimate of drug-likeness (QED) is 0.859. The van der Waals surface area contributed by atoms with Crippen molar-refractivity contribution in [2.45, 2.75) is 11.9 Å². The number of aromatic nitrogens is 1. The summed E-state index contributed by atoms with van der Waals surface area (Å²) in [6.07, 6.45) is -4.83. The third kappa shape index (κ3) is 2.94. The van der Waals surface area contributed by atoms with Crippen LogP contribution in [0.2, 0.25) is 4.47 Å². The van der Waals surface area contributed by atoms with Crippen LogP contribution in [0.4, 0.5) is 13.2 Å². The van der Waals surface area contributed by atoms with Crippen LogP contribution in [0.25, 0.3) is 0 Å². The highest BCUT2D eigenvalue weighted by Crippen LogP contribution is 2.43. The van der Waals surface area contributed by atoms with Gasteiger partial charge < -0.3 is 5.11 Å². The summed E-state index contributed by atoms with van der Waals surface area (Å²) < 4.78 is 38.0. The minimum absolute atomic E-state index is 0.0877. The first kappa shape index (κ1) is 14.8. The maximum absolute atomic E-state index is 12.8. The molecule has 1 unspecified atom stereocenters. The van der Waals surface area contributed by atoms with Crippen molar-refractivity contribution in [3.63, 3.8) is 0 Å². The van der Waals surface area contributed by atoms with Crippen molar-refractivity contribution >= 4 is 28.0 Å². The highest BCUT2D eigenvalue weighted by molar-refractivity contribution is 7.35. The Kier molecular flexibility index (Phi) is 4.01. The van der Waals surface area contributed by atoms with Gasteiger partial charge in [-0.15, -0.1) is 0 Å². The Bertz CT molecular complexity index is 640. The first-order valence-corrected chi connectivity index (χ1v) is 7.11. The number of carbonyl (C=O) groups is 1. The lowest BCUT2D eigenvalue weighted by atomic mass is 10.2. The van der Waals surface area contributed by atoms with E-state index < -0.39 is 33.2 Å². The molecule has 0 fully saturated rings. The van der Waals surface area contributed by atoms with Crippen LogP contribution in [-0.4, -0.2) is 16.1 Å². The summed E-state index contributed by atoms with van der Waals surface area (Å²) >= 11 is 5.73. The van der Waals surface area contributed by atoms with Crippen LogP contribution >= 0.6 is 22.1 Å². The molecule has 0 aliphatic heterocycles. The number of carboxylic acids is 1. The molecule has 20 heavy (non-hydrogen) atoms. The van der Waals surface area contributed by atoms with Crippen LogP contribution in [0, 0.1) is 0 Å². The van der Waals surface area contributed by atoms with Gasteiger partial charge in [0.25, 0.3) is 4.88 Å². The van der Waals surface area contributed by atoms with Crippen LogP contribution in [0.1, 0.15) is 20.9 Å². The largest absolute Gasteiger partial charge is 0.474 e. The number of hydrogen-bond acceptors (Lipinski definition) is 2. The van der Waals surface area contributed by atoms with Crippen molar-refractivity contribution in [3.05, 3.63) is 50.9 Å². The minimum atomic E-state index is -4.83. The molecule has 0 bridgehead atoms. The standard InChI is InChI=1S/C12H7ClF3NO2S/c13-11-17-9(12(14,15)16)8(10(18)19)20(11)6-7-4-2-1-3-5-7/h1-5H,6H2/p+1. The Morgan fingerprint density at radius 2 is 1.90 bits per heavy atom. The number of rotatable bonds is 3. The van der Waals surface area contributed by atoms with E-state index >= 15 is 0 Å². The molecular weight excluding hydrogens is 315 g/mol. The van der Waals surface area contributed by atoms with E-state index in [-0.39, 0.29) is 10.2 Å². The van der Waals surface area contributed by atoms with E-state index in [9.17, 15) is 18.0 Å². The Morgan fingerprint density at radius 3 is 2.40 bits per heavy atom. The zero-order chi connectivity index (χ0) is 14.9. The molecule has 0 aliphatic carbocycles. The van der Waals surface area contributed by atoms with Gasteiger partial charge in [-0.25, -0.2) is 4.79 Å². The second-order valence-electron chi connectivity index (χ2n) is 3.87. The lowest BCUT2D eigenvalue weighted by molar-refractivity contribution is -0.141. The number of aromatic carboxylic acids is 1. The van der Waals surface area contributed by atoms with E-state index in [2.05, 4.69) is 4.98 Å². The maximum atomic E-state index is 12.8. The van der Waals surface area contributed by atoms with Gasteiger partial charge in [0.2, 0.25) is 5.69 Å². The molecule has 1 atom stereocenters. The van der Waals surface area contributed by atoms with E-state index in [1.165, 1.54) is 0 Å². The Hall–Kier alpha value is -1.60. The van der Waals surface area contributed by atoms with Crippen molar-refractivity contribution in [2.24, 2.45) is 0 Å². The number of alkyl halides is 3. The Balaban J connectivity index is 2.53. The molecular formula is C12H8ClF3NO2S+. The van der Waals surface area contributed by atoms with Gasteiger partial charge in [-0.2, -0.15) is 18.2 Å². The van der Waals surface area contributed by atoms with Gasteiger partial charge in [-0.05, 0) is 11.6 Å². The Labute approximate surface area is 119 Å². The van der Waals surface area contributed by atoms with Gasteiger partial charge in [-0.3, -0.25) is 0 Å². The SMILES string of the molecule is O=C(O)c1c(C(F)(F)F)nc(Cl)[s+]1Cc1ccccc1. The molecule has 0 radical (unpaired) electrons. The number of benzene rings is 1. The van der Waals surface area contributed by atoms with Crippen molar-refractivity contribution in [2.75, 3.05) is 0 Å². The van der Waals surface area contributed by atoms with Gasteiger partial charge in [0.05, 0.1) is 0 Å². The van der Waals surface area contributed by atoms with Crippen LogP contribution in [0.5, 0.6) is 0 Å². The lowest BCUT2D eigenvalue weighted by Gasteiger charge is -2.00. The smallest absolute Gasteiger partial charge is 0.439 e. The summed E-state index contributed by atoms with van der Waals surface area (Å²) in [4.78, 5) is 13.6. The van der Waals surface area contributed by atoms with E-state index in [0.717, 1.165) is 0 Å². The van der Waals surface area contributed by atoms with Gasteiger partial charge in [0.15, 0.2) is 5.75 Å².